The fourth-order valence-electron chi connectivity index (χ4n) is 6.42. The number of nitrogen functional groups attached to an aromatic ring is 1. The molecule has 0 radical (unpaired) electrons. The van der Waals surface area contributed by atoms with E-state index in [1.807, 2.05) is 6.07 Å². The highest BCUT2D eigenvalue weighted by atomic mass is 31.2. The second-order valence-electron chi connectivity index (χ2n) is 14.1. The van der Waals surface area contributed by atoms with Gasteiger partial charge in [0.05, 0.1) is 25.6 Å². The average molecular weight is 894 g/mol. The van der Waals surface area contributed by atoms with Gasteiger partial charge in [0.15, 0.2) is 35.0 Å². The zero-order valence-electron chi connectivity index (χ0n) is 34.0. The summed E-state index contributed by atoms with van der Waals surface area (Å²) in [5.41, 5.74) is 4.89. The van der Waals surface area contributed by atoms with E-state index in [0.29, 0.717) is 17.4 Å². The summed E-state index contributed by atoms with van der Waals surface area (Å²) in [6, 6.07) is 22.4. The highest BCUT2D eigenvalue weighted by Gasteiger charge is 2.59. The molecule has 22 heteroatoms. The van der Waals surface area contributed by atoms with Crippen molar-refractivity contribution in [3.63, 3.8) is 0 Å². The molecule has 5 N–H and O–H groups in total. The molecule has 0 saturated carbocycles. The number of carboxylic acid groups (broad SMARTS) is 1. The summed E-state index contributed by atoms with van der Waals surface area (Å²) in [5.74, 6) is -1.65. The van der Waals surface area contributed by atoms with Gasteiger partial charge in [0, 0.05) is 13.0 Å². The van der Waals surface area contributed by atoms with Crippen LogP contribution in [0.3, 0.4) is 0 Å². The van der Waals surface area contributed by atoms with E-state index in [1.54, 1.807) is 79.7 Å². The molecule has 1 fully saturated rings. The SMILES string of the molecule is CCOC[C@@H](C=O)N[P@](=O)(OC[C@H]1O[C@@H](n2cnc3c(NC(=O)OCc4ccccc4)nc(N)nc32)[C@](C)(F)[C@@H]1OC(=O)OCc1ccccc1)Oc1ccccc1CCC(=O)O. The van der Waals surface area contributed by atoms with Gasteiger partial charge in [-0.05, 0) is 43.0 Å². The van der Waals surface area contributed by atoms with Crippen molar-refractivity contribution in [2.75, 3.05) is 30.9 Å². The number of rotatable bonds is 21. The Labute approximate surface area is 359 Å². The van der Waals surface area contributed by atoms with Gasteiger partial charge in [0.25, 0.3) is 0 Å². The molecule has 3 heterocycles. The third-order valence-electron chi connectivity index (χ3n) is 9.43. The number of nitrogens with zero attached hydrogens (tertiary/aromatic N) is 4. The van der Waals surface area contributed by atoms with Crippen molar-refractivity contribution in [1.82, 2.24) is 24.6 Å². The van der Waals surface area contributed by atoms with Gasteiger partial charge < -0.3 is 43.8 Å². The van der Waals surface area contributed by atoms with Crippen molar-refractivity contribution in [2.24, 2.45) is 0 Å². The Hall–Kier alpha value is -6.51. The molecular weight excluding hydrogens is 848 g/mol. The number of aryl methyl sites for hydroxylation is 1. The van der Waals surface area contributed by atoms with Crippen molar-refractivity contribution in [3.8, 4) is 5.75 Å². The summed E-state index contributed by atoms with van der Waals surface area (Å²) in [4.78, 5) is 62.1. The van der Waals surface area contributed by atoms with Crippen molar-refractivity contribution in [1.29, 1.82) is 0 Å². The van der Waals surface area contributed by atoms with E-state index in [2.05, 4.69) is 25.4 Å². The summed E-state index contributed by atoms with van der Waals surface area (Å²) < 4.78 is 72.8. The second kappa shape index (κ2) is 21.0. The van der Waals surface area contributed by atoms with Crippen LogP contribution in [0.15, 0.2) is 91.3 Å². The van der Waals surface area contributed by atoms with Crippen LogP contribution in [-0.4, -0.2) is 92.9 Å². The summed E-state index contributed by atoms with van der Waals surface area (Å²) in [6.45, 7) is 1.61. The number of carbonyl (C=O) groups excluding carboxylic acids is 3. The minimum atomic E-state index is -4.70. The predicted molar refractivity (Wildman–Crippen MR) is 221 cm³/mol. The molecule has 0 unspecified atom stereocenters. The van der Waals surface area contributed by atoms with Crippen LogP contribution in [0.1, 0.15) is 43.2 Å². The smallest absolute Gasteiger partial charge is 0.481 e. The lowest BCUT2D eigenvalue weighted by molar-refractivity contribution is -0.137. The molecule has 0 spiro atoms. The number of hydrogen-bond donors (Lipinski definition) is 4. The molecule has 334 valence electrons. The minimum absolute atomic E-state index is 0.0186. The molecule has 5 aromatic rings. The Bertz CT molecular complexity index is 2410. The number of para-hydroxylation sites is 1. The number of anilines is 2. The van der Waals surface area contributed by atoms with Crippen molar-refractivity contribution >= 4 is 55.2 Å². The number of fused-ring (bicyclic) bond motifs is 1. The zero-order valence-corrected chi connectivity index (χ0v) is 34.9. The molecule has 6 rings (SSSR count). The summed E-state index contributed by atoms with van der Waals surface area (Å²) in [6.07, 6.45) is -6.09. The van der Waals surface area contributed by atoms with Gasteiger partial charge in [-0.25, -0.2) is 23.5 Å². The Morgan fingerprint density at radius 1 is 1.02 bits per heavy atom. The standard InChI is InChI=1S/C41H45FN7O13P/c1-3-56-23-29(20-50)48-63(55,62-30-17-11-10-16-28(30)18-19-32(51)52)59-24-31-34(61-40(54)58-22-27-14-8-5-9-15-27)41(2,42)37(60-31)49-25-44-33-35(45-38(43)47-36(33)49)46-39(53)57-21-26-12-6-4-7-13-26/h4-17,20,25,29,31,34,37H,3,18-19,21-24H2,1-2H3,(H,48,55)(H,51,52)(H3,43,45,46,47,53)/t29-,31-,34-,37-,41-,63+/m1/s1. The number of aromatic nitrogens is 4. The van der Waals surface area contributed by atoms with Gasteiger partial charge in [0.1, 0.15) is 31.4 Å². The van der Waals surface area contributed by atoms with Crippen LogP contribution in [0, 0.1) is 0 Å². The molecular formula is C41H45FN7O13P. The number of ether oxygens (including phenoxy) is 5. The highest BCUT2D eigenvalue weighted by Crippen LogP contribution is 2.49. The monoisotopic (exact) mass is 893 g/mol. The number of nitrogens with one attached hydrogen (secondary N) is 2. The molecule has 6 atom stereocenters. The minimum Gasteiger partial charge on any atom is -0.481 e. The van der Waals surface area contributed by atoms with Crippen LogP contribution >= 0.6 is 7.75 Å². The third kappa shape index (κ3) is 12.1. The van der Waals surface area contributed by atoms with Crippen LogP contribution in [0.5, 0.6) is 5.75 Å². The lowest BCUT2D eigenvalue weighted by Gasteiger charge is -2.28. The largest absolute Gasteiger partial charge is 0.509 e. The molecule has 3 aromatic carbocycles. The maximum absolute atomic E-state index is 17.5. The molecule has 1 aliphatic rings. The Kier molecular flexibility index (Phi) is 15.4. The number of carbonyl (C=O) groups is 4. The number of benzene rings is 3. The molecule has 0 bridgehead atoms. The number of hydrogen-bond acceptors (Lipinski definition) is 16. The van der Waals surface area contributed by atoms with E-state index in [4.69, 9.17) is 38.5 Å². The number of aliphatic carboxylic acids is 1. The van der Waals surface area contributed by atoms with Crippen LogP contribution < -0.4 is 20.7 Å². The number of amides is 1. The van der Waals surface area contributed by atoms with Gasteiger partial charge in [-0.15, -0.1) is 0 Å². The quantitative estimate of drug-likeness (QED) is 0.0378. The lowest BCUT2D eigenvalue weighted by atomic mass is 9.98. The molecule has 2 aromatic heterocycles. The van der Waals surface area contributed by atoms with Gasteiger partial charge in [-0.2, -0.15) is 15.1 Å². The molecule has 1 amide bonds. The molecule has 1 aliphatic heterocycles. The molecule has 63 heavy (non-hydrogen) atoms. The van der Waals surface area contributed by atoms with Gasteiger partial charge in [-0.3, -0.25) is 19.2 Å². The Morgan fingerprint density at radius 2 is 1.68 bits per heavy atom. The summed E-state index contributed by atoms with van der Waals surface area (Å²) in [7, 11) is -4.70. The Morgan fingerprint density at radius 3 is 2.35 bits per heavy atom. The third-order valence-corrected chi connectivity index (χ3v) is 11.0. The van der Waals surface area contributed by atoms with E-state index in [-0.39, 0.29) is 67.9 Å². The van der Waals surface area contributed by atoms with Crippen molar-refractivity contribution < 1.29 is 66.0 Å². The first-order chi connectivity index (χ1) is 30.3. The second-order valence-corrected chi connectivity index (χ2v) is 15.8. The van der Waals surface area contributed by atoms with Crippen LogP contribution in [-0.2, 0) is 62.0 Å². The number of halogens is 1. The first-order valence-corrected chi connectivity index (χ1v) is 21.1. The van der Waals surface area contributed by atoms with E-state index in [9.17, 15) is 28.8 Å². The fourth-order valence-corrected chi connectivity index (χ4v) is 7.92. The van der Waals surface area contributed by atoms with Gasteiger partial charge >= 0.3 is 26.0 Å². The number of alkyl halides is 1. The summed E-state index contributed by atoms with van der Waals surface area (Å²) in [5, 5.41) is 14.3. The Balaban J connectivity index is 1.30. The van der Waals surface area contributed by atoms with Crippen molar-refractivity contribution in [3.05, 3.63) is 108 Å². The molecule has 20 nitrogen and oxygen atoms in total. The average Bonchev–Trinajstić information content (AvgIpc) is 3.79. The van der Waals surface area contributed by atoms with E-state index < -0.39 is 62.7 Å². The zero-order chi connectivity index (χ0) is 45.0. The number of imidazole rings is 1. The normalized spacial score (nSPS) is 19.7. The molecule has 1 saturated heterocycles. The van der Waals surface area contributed by atoms with E-state index >= 15 is 4.39 Å². The van der Waals surface area contributed by atoms with Crippen molar-refractivity contribution in [2.45, 2.75) is 70.0 Å². The van der Waals surface area contributed by atoms with Gasteiger partial charge in [0.2, 0.25) is 5.95 Å². The first kappa shape index (κ1) is 46.0. The predicted octanol–water partition coefficient (Wildman–Crippen LogP) is 5.92. The maximum atomic E-state index is 17.5. The number of nitrogens with two attached hydrogens (primary N) is 1. The van der Waals surface area contributed by atoms with E-state index in [0.717, 1.165) is 23.4 Å². The number of carboxylic acids is 1. The van der Waals surface area contributed by atoms with Crippen LogP contribution in [0.2, 0.25) is 0 Å². The van der Waals surface area contributed by atoms with E-state index in [1.165, 1.54) is 6.07 Å². The van der Waals surface area contributed by atoms with Crippen LogP contribution in [0.25, 0.3) is 11.2 Å². The van der Waals surface area contributed by atoms with Gasteiger partial charge in [-0.1, -0.05) is 78.9 Å². The molecule has 0 aliphatic carbocycles. The summed E-state index contributed by atoms with van der Waals surface area (Å²) >= 11 is 0. The topological polar surface area (TPSA) is 264 Å². The lowest BCUT2D eigenvalue weighted by Crippen LogP contribution is -2.44. The highest BCUT2D eigenvalue weighted by molar-refractivity contribution is 7.52. The fraction of sp³-hybridized carbons (Fsp3) is 0.341. The van der Waals surface area contributed by atoms with Crippen LogP contribution in [0.4, 0.5) is 25.7 Å². The number of aldehydes is 1. The first-order valence-electron chi connectivity index (χ1n) is 19.5. The maximum Gasteiger partial charge on any atom is 0.509 e.